The summed E-state index contributed by atoms with van der Waals surface area (Å²) in [6, 6.07) is 14.0. The molecule has 3 rings (SSSR count). The minimum absolute atomic E-state index is 0.0908. The van der Waals surface area contributed by atoms with E-state index >= 15 is 0 Å². The normalized spacial score (nSPS) is 15.9. The number of carbonyl (C=O) groups excluding carboxylic acids is 3. The van der Waals surface area contributed by atoms with Gasteiger partial charge < -0.3 is 15.2 Å². The van der Waals surface area contributed by atoms with E-state index in [1.54, 1.807) is 30.3 Å². The lowest BCUT2D eigenvalue weighted by atomic mass is 10.0. The van der Waals surface area contributed by atoms with Gasteiger partial charge in [-0.2, -0.15) is 0 Å². The number of sulfonamides is 1. The van der Waals surface area contributed by atoms with Gasteiger partial charge in [0.2, 0.25) is 0 Å². The van der Waals surface area contributed by atoms with Crippen molar-refractivity contribution in [2.45, 2.75) is 18.7 Å². The summed E-state index contributed by atoms with van der Waals surface area (Å²) < 4.78 is 32.0. The molecule has 0 radical (unpaired) electrons. The molecule has 0 aromatic heterocycles. The number of ether oxygens (including phenoxy) is 1. The Morgan fingerprint density at radius 3 is 2.23 bits per heavy atom. The molecule has 0 fully saturated rings. The molecule has 1 aliphatic heterocycles. The van der Waals surface area contributed by atoms with Gasteiger partial charge in [0.25, 0.3) is 10.0 Å². The first-order valence-corrected chi connectivity index (χ1v) is 10.5. The first-order chi connectivity index (χ1) is 14.6. The molecule has 10 heteroatoms. The zero-order valence-electron chi connectivity index (χ0n) is 16.5. The number of carbonyl (C=O) groups is 3. The maximum Gasteiger partial charge on any atom is 0.353 e. The van der Waals surface area contributed by atoms with Gasteiger partial charge in [0.15, 0.2) is 5.78 Å². The van der Waals surface area contributed by atoms with E-state index in [1.165, 1.54) is 31.2 Å². The molecule has 31 heavy (non-hydrogen) atoms. The summed E-state index contributed by atoms with van der Waals surface area (Å²) in [5, 5.41) is 13.1. The molecule has 160 valence electrons. The monoisotopic (exact) mass is 442 g/mol. The summed E-state index contributed by atoms with van der Waals surface area (Å²) in [7, 11) is -3.81. The maximum absolute atomic E-state index is 12.5. The van der Waals surface area contributed by atoms with Crippen LogP contribution in [-0.4, -0.2) is 31.2 Å². The van der Waals surface area contributed by atoms with E-state index in [2.05, 4.69) is 14.8 Å². The summed E-state index contributed by atoms with van der Waals surface area (Å²) in [5.74, 6) is -3.86. The highest BCUT2D eigenvalue weighted by Gasteiger charge is 2.36. The van der Waals surface area contributed by atoms with Crippen LogP contribution in [0, 0.1) is 0 Å². The lowest BCUT2D eigenvalue weighted by Gasteiger charge is -2.18. The molecule has 2 aromatic rings. The molecule has 0 aliphatic carbocycles. The third-order valence-corrected chi connectivity index (χ3v) is 5.69. The minimum Gasteiger partial charge on any atom is -0.506 e. The first kappa shape index (κ1) is 21.8. The number of nitrogens with one attached hydrogen (secondary N) is 2. The Kier molecular flexibility index (Phi) is 5.93. The molecule has 0 atom stereocenters. The number of hydrogen-bond acceptors (Lipinski definition) is 8. The fraction of sp³-hybridized carbons (Fsp3) is 0.0952. The Morgan fingerprint density at radius 1 is 0.935 bits per heavy atom. The number of aliphatic hydroxyl groups is 1. The molecule has 9 nitrogen and oxygen atoms in total. The van der Waals surface area contributed by atoms with Crippen LogP contribution in [0.2, 0.25) is 0 Å². The van der Waals surface area contributed by atoms with Gasteiger partial charge >= 0.3 is 11.9 Å². The SMILES string of the molecule is CC(=O)C1=C(O)C(=C(C)Nc2cccc(NS(=O)(=O)c3ccccc3)c2)C(=O)OC1=O. The van der Waals surface area contributed by atoms with Crippen LogP contribution in [0.4, 0.5) is 11.4 Å². The average molecular weight is 442 g/mol. The number of hydrogen-bond donors (Lipinski definition) is 3. The molecule has 0 unspecified atom stereocenters. The number of Topliss-reactive ketones (excluding diaryl/α,β-unsaturated/α-hetero) is 1. The number of rotatable bonds is 6. The quantitative estimate of drug-likeness (QED) is 0.269. The number of benzene rings is 2. The molecule has 0 saturated heterocycles. The highest BCUT2D eigenvalue weighted by molar-refractivity contribution is 7.92. The number of esters is 2. The van der Waals surface area contributed by atoms with Gasteiger partial charge in [0, 0.05) is 11.4 Å². The smallest absolute Gasteiger partial charge is 0.353 e. The number of allylic oxidation sites excluding steroid dienone is 1. The Morgan fingerprint density at radius 2 is 1.58 bits per heavy atom. The Bertz CT molecular complexity index is 1250. The second-order valence-corrected chi connectivity index (χ2v) is 8.26. The number of cyclic esters (lactones) is 2. The van der Waals surface area contributed by atoms with E-state index in [9.17, 15) is 27.9 Å². The van der Waals surface area contributed by atoms with E-state index in [-0.39, 0.29) is 21.9 Å². The van der Waals surface area contributed by atoms with Gasteiger partial charge in [-0.25, -0.2) is 18.0 Å². The molecular formula is C21H18N2O7S. The summed E-state index contributed by atoms with van der Waals surface area (Å²) in [4.78, 5) is 35.5. The van der Waals surface area contributed by atoms with Gasteiger partial charge in [-0.3, -0.25) is 9.52 Å². The van der Waals surface area contributed by atoms with Crippen LogP contribution < -0.4 is 10.0 Å². The van der Waals surface area contributed by atoms with E-state index in [1.807, 2.05) is 0 Å². The minimum atomic E-state index is -3.81. The van der Waals surface area contributed by atoms with Crippen molar-refractivity contribution in [3.63, 3.8) is 0 Å². The van der Waals surface area contributed by atoms with Crippen LogP contribution >= 0.6 is 0 Å². The van der Waals surface area contributed by atoms with E-state index in [0.29, 0.717) is 5.69 Å². The standard InChI is InChI=1S/C21H18N2O7S/c1-12(17-19(25)18(13(2)24)21(27)30-20(17)26)22-14-7-6-8-15(11-14)23-31(28,29)16-9-4-3-5-10-16/h3-11,22-23,25H,1-2H3. The highest BCUT2D eigenvalue weighted by Crippen LogP contribution is 2.27. The van der Waals surface area contributed by atoms with Gasteiger partial charge in [-0.1, -0.05) is 24.3 Å². The molecular weight excluding hydrogens is 424 g/mol. The first-order valence-electron chi connectivity index (χ1n) is 8.97. The Balaban J connectivity index is 1.91. The largest absolute Gasteiger partial charge is 0.506 e. The average Bonchev–Trinajstić information content (AvgIpc) is 2.67. The molecule has 2 aromatic carbocycles. The van der Waals surface area contributed by atoms with Crippen LogP contribution in [0.5, 0.6) is 0 Å². The Labute approximate surface area is 178 Å². The van der Waals surface area contributed by atoms with Crippen molar-refractivity contribution in [1.29, 1.82) is 0 Å². The molecule has 1 heterocycles. The highest BCUT2D eigenvalue weighted by atomic mass is 32.2. The van der Waals surface area contributed by atoms with Gasteiger partial charge in [0.1, 0.15) is 16.9 Å². The topological polar surface area (TPSA) is 139 Å². The second kappa shape index (κ2) is 8.44. The van der Waals surface area contributed by atoms with Crippen LogP contribution in [0.3, 0.4) is 0 Å². The fourth-order valence-electron chi connectivity index (χ4n) is 2.90. The summed E-state index contributed by atoms with van der Waals surface area (Å²) >= 11 is 0. The van der Waals surface area contributed by atoms with Crippen molar-refractivity contribution < 1.29 is 32.6 Å². The zero-order valence-corrected chi connectivity index (χ0v) is 17.3. The third kappa shape index (κ3) is 4.64. The van der Waals surface area contributed by atoms with Gasteiger partial charge in [-0.05, 0) is 44.2 Å². The predicted molar refractivity (Wildman–Crippen MR) is 111 cm³/mol. The van der Waals surface area contributed by atoms with Crippen LogP contribution in [0.1, 0.15) is 13.8 Å². The van der Waals surface area contributed by atoms with Crippen molar-refractivity contribution in [2.75, 3.05) is 10.0 Å². The van der Waals surface area contributed by atoms with Crippen molar-refractivity contribution >= 4 is 39.1 Å². The van der Waals surface area contributed by atoms with Crippen molar-refractivity contribution in [3.8, 4) is 0 Å². The van der Waals surface area contributed by atoms with Gasteiger partial charge in [-0.15, -0.1) is 0 Å². The number of aliphatic hydroxyl groups excluding tert-OH is 1. The predicted octanol–water partition coefficient (Wildman–Crippen LogP) is 2.66. The fourth-order valence-corrected chi connectivity index (χ4v) is 3.97. The summed E-state index contributed by atoms with van der Waals surface area (Å²) in [6.45, 7) is 2.49. The lowest BCUT2D eigenvalue weighted by Crippen LogP contribution is -2.29. The maximum atomic E-state index is 12.5. The molecule has 0 saturated carbocycles. The van der Waals surface area contributed by atoms with Gasteiger partial charge in [0.05, 0.1) is 10.6 Å². The number of anilines is 2. The molecule has 0 amide bonds. The Hall–Kier alpha value is -3.92. The van der Waals surface area contributed by atoms with Crippen molar-refractivity contribution in [3.05, 3.63) is 77.2 Å². The van der Waals surface area contributed by atoms with E-state index in [4.69, 9.17) is 0 Å². The van der Waals surface area contributed by atoms with E-state index < -0.39 is 39.1 Å². The lowest BCUT2D eigenvalue weighted by molar-refractivity contribution is -0.155. The summed E-state index contributed by atoms with van der Waals surface area (Å²) in [5.41, 5.74) is -0.283. The molecule has 3 N–H and O–H groups in total. The second-order valence-electron chi connectivity index (χ2n) is 6.58. The zero-order chi connectivity index (χ0) is 22.8. The number of ketones is 1. The summed E-state index contributed by atoms with van der Waals surface area (Å²) in [6.07, 6.45) is 0. The van der Waals surface area contributed by atoms with Crippen molar-refractivity contribution in [1.82, 2.24) is 0 Å². The molecule has 1 aliphatic rings. The van der Waals surface area contributed by atoms with Crippen molar-refractivity contribution in [2.24, 2.45) is 0 Å². The molecule has 0 spiro atoms. The van der Waals surface area contributed by atoms with E-state index in [0.717, 1.165) is 6.92 Å². The molecule has 0 bridgehead atoms. The van der Waals surface area contributed by atoms with Crippen LogP contribution in [-0.2, 0) is 29.1 Å². The third-order valence-electron chi connectivity index (χ3n) is 4.29. The van der Waals surface area contributed by atoms with Crippen LogP contribution in [0.25, 0.3) is 0 Å². The van der Waals surface area contributed by atoms with Crippen LogP contribution in [0.15, 0.2) is 82.1 Å².